The molecule has 5 rings (SSSR count). The van der Waals surface area contributed by atoms with Crippen molar-refractivity contribution in [3.05, 3.63) is 89.5 Å². The summed E-state index contributed by atoms with van der Waals surface area (Å²) in [5.74, 6) is 0.345. The van der Waals surface area contributed by atoms with Crippen LogP contribution >= 0.6 is 0 Å². The lowest BCUT2D eigenvalue weighted by molar-refractivity contribution is 0.0952. The van der Waals surface area contributed by atoms with E-state index in [2.05, 4.69) is 20.8 Å². The summed E-state index contributed by atoms with van der Waals surface area (Å²) < 4.78 is 5.84. The van der Waals surface area contributed by atoms with Crippen molar-refractivity contribution in [1.82, 2.24) is 15.5 Å². The Kier molecular flexibility index (Phi) is 5.44. The van der Waals surface area contributed by atoms with Gasteiger partial charge in [0.25, 0.3) is 11.8 Å². The van der Waals surface area contributed by atoms with Gasteiger partial charge in [0, 0.05) is 22.7 Å². The van der Waals surface area contributed by atoms with E-state index in [1.165, 1.54) is 0 Å². The minimum atomic E-state index is -0.306. The Hall–Kier alpha value is -4.26. The summed E-state index contributed by atoms with van der Waals surface area (Å²) in [4.78, 5) is 25.3. The SMILES string of the molecule is Cc1ccccc1-c1nnc(-c2ccc(C(=O)Nc3ccccc3C(=O)NC3CC3)cc2)o1. The highest BCUT2D eigenvalue weighted by molar-refractivity contribution is 6.09. The number of carbonyl (C=O) groups excluding carboxylic acids is 2. The normalized spacial score (nSPS) is 12.9. The van der Waals surface area contributed by atoms with E-state index < -0.39 is 0 Å². The number of aromatic nitrogens is 2. The zero-order chi connectivity index (χ0) is 22.8. The number of hydrogen-bond acceptors (Lipinski definition) is 5. The van der Waals surface area contributed by atoms with Crippen LogP contribution in [0.3, 0.4) is 0 Å². The predicted octanol–water partition coefficient (Wildman–Crippen LogP) is 4.86. The Morgan fingerprint density at radius 2 is 1.55 bits per heavy atom. The van der Waals surface area contributed by atoms with E-state index in [9.17, 15) is 9.59 Å². The van der Waals surface area contributed by atoms with Crippen LogP contribution in [0, 0.1) is 6.92 Å². The molecule has 33 heavy (non-hydrogen) atoms. The second kappa shape index (κ2) is 8.70. The lowest BCUT2D eigenvalue weighted by Gasteiger charge is -2.11. The quantitative estimate of drug-likeness (QED) is 0.448. The molecule has 7 nitrogen and oxygen atoms in total. The number of rotatable bonds is 6. The molecule has 1 aromatic heterocycles. The van der Waals surface area contributed by atoms with Gasteiger partial charge in [-0.1, -0.05) is 30.3 Å². The highest BCUT2D eigenvalue weighted by atomic mass is 16.4. The molecule has 0 bridgehead atoms. The van der Waals surface area contributed by atoms with Gasteiger partial charge in [0.1, 0.15) is 0 Å². The molecule has 1 saturated carbocycles. The van der Waals surface area contributed by atoms with Crippen molar-refractivity contribution >= 4 is 17.5 Å². The van der Waals surface area contributed by atoms with Crippen LogP contribution < -0.4 is 10.6 Å². The number of nitrogens with zero attached hydrogens (tertiary/aromatic N) is 2. The molecule has 0 saturated heterocycles. The molecular weight excluding hydrogens is 416 g/mol. The first-order valence-corrected chi connectivity index (χ1v) is 10.8. The molecule has 2 N–H and O–H groups in total. The number of hydrogen-bond donors (Lipinski definition) is 2. The Morgan fingerprint density at radius 1 is 0.848 bits per heavy atom. The lowest BCUT2D eigenvalue weighted by atomic mass is 10.1. The van der Waals surface area contributed by atoms with Crippen LogP contribution in [0.5, 0.6) is 0 Å². The third-order valence-corrected chi connectivity index (χ3v) is 5.53. The van der Waals surface area contributed by atoms with Gasteiger partial charge in [-0.15, -0.1) is 10.2 Å². The molecule has 1 aliphatic rings. The van der Waals surface area contributed by atoms with Crippen LogP contribution in [0.4, 0.5) is 5.69 Å². The minimum Gasteiger partial charge on any atom is -0.416 e. The van der Waals surface area contributed by atoms with Crippen LogP contribution in [-0.2, 0) is 0 Å². The Balaban J connectivity index is 1.31. The Labute approximate surface area is 190 Å². The molecule has 0 atom stereocenters. The number of aryl methyl sites for hydroxylation is 1. The summed E-state index contributed by atoms with van der Waals surface area (Å²) in [6, 6.07) is 21.9. The molecule has 3 aromatic carbocycles. The molecule has 0 aliphatic heterocycles. The first-order chi connectivity index (χ1) is 16.1. The van der Waals surface area contributed by atoms with Crippen LogP contribution in [0.1, 0.15) is 39.1 Å². The van der Waals surface area contributed by atoms with Crippen LogP contribution in [0.2, 0.25) is 0 Å². The summed E-state index contributed by atoms with van der Waals surface area (Å²) in [6.45, 7) is 1.99. The molecule has 0 radical (unpaired) electrons. The number of nitrogens with one attached hydrogen (secondary N) is 2. The van der Waals surface area contributed by atoms with Gasteiger partial charge >= 0.3 is 0 Å². The maximum atomic E-state index is 12.8. The molecule has 1 heterocycles. The molecule has 1 fully saturated rings. The largest absolute Gasteiger partial charge is 0.416 e. The number of carbonyl (C=O) groups is 2. The second-order valence-corrected chi connectivity index (χ2v) is 8.05. The zero-order valence-corrected chi connectivity index (χ0v) is 18.0. The molecule has 7 heteroatoms. The standard InChI is InChI=1S/C26H22N4O3/c1-16-6-2-3-7-20(16)26-30-29-25(33-26)18-12-10-17(11-13-18)23(31)28-22-9-5-4-8-21(22)24(32)27-19-14-15-19/h2-13,19H,14-15H2,1H3,(H,27,32)(H,28,31). The van der Waals surface area contributed by atoms with E-state index in [0.29, 0.717) is 34.2 Å². The number of amides is 2. The average molecular weight is 438 g/mol. The maximum absolute atomic E-state index is 12.8. The highest BCUT2D eigenvalue weighted by Crippen LogP contribution is 2.26. The third-order valence-electron chi connectivity index (χ3n) is 5.53. The van der Waals surface area contributed by atoms with Crippen LogP contribution in [0.25, 0.3) is 22.9 Å². The van der Waals surface area contributed by atoms with E-state index >= 15 is 0 Å². The fraction of sp³-hybridized carbons (Fsp3) is 0.154. The van der Waals surface area contributed by atoms with Gasteiger partial charge in [-0.05, 0) is 67.8 Å². The molecular formula is C26H22N4O3. The topological polar surface area (TPSA) is 97.1 Å². The first kappa shape index (κ1) is 20.6. The van der Waals surface area contributed by atoms with Gasteiger partial charge in [-0.2, -0.15) is 0 Å². The summed E-state index contributed by atoms with van der Waals surface area (Å²) in [6.07, 6.45) is 2.00. The van der Waals surface area contributed by atoms with Crippen molar-refractivity contribution in [2.45, 2.75) is 25.8 Å². The first-order valence-electron chi connectivity index (χ1n) is 10.8. The van der Waals surface area contributed by atoms with Crippen molar-refractivity contribution in [2.24, 2.45) is 0 Å². The maximum Gasteiger partial charge on any atom is 0.255 e. The smallest absolute Gasteiger partial charge is 0.255 e. The summed E-state index contributed by atoms with van der Waals surface area (Å²) >= 11 is 0. The second-order valence-electron chi connectivity index (χ2n) is 8.05. The van der Waals surface area contributed by atoms with E-state index in [1.54, 1.807) is 48.5 Å². The fourth-order valence-corrected chi connectivity index (χ4v) is 3.50. The molecule has 0 spiro atoms. The zero-order valence-electron chi connectivity index (χ0n) is 18.0. The van der Waals surface area contributed by atoms with Crippen molar-refractivity contribution in [2.75, 3.05) is 5.32 Å². The van der Waals surface area contributed by atoms with E-state index in [-0.39, 0.29) is 17.9 Å². The summed E-state index contributed by atoms with van der Waals surface area (Å²) in [5.41, 5.74) is 4.02. The van der Waals surface area contributed by atoms with Gasteiger partial charge in [-0.25, -0.2) is 0 Å². The third kappa shape index (κ3) is 4.52. The summed E-state index contributed by atoms with van der Waals surface area (Å²) in [5, 5.41) is 14.1. The molecule has 4 aromatic rings. The summed E-state index contributed by atoms with van der Waals surface area (Å²) in [7, 11) is 0. The van der Waals surface area contributed by atoms with Gasteiger partial charge in [0.15, 0.2) is 0 Å². The van der Waals surface area contributed by atoms with Gasteiger partial charge in [0.05, 0.1) is 11.3 Å². The Bertz CT molecular complexity index is 1320. The molecule has 0 unspecified atom stereocenters. The number of anilines is 1. The molecule has 164 valence electrons. The Morgan fingerprint density at radius 3 is 2.30 bits per heavy atom. The monoisotopic (exact) mass is 438 g/mol. The van der Waals surface area contributed by atoms with Gasteiger partial charge in [0.2, 0.25) is 11.8 Å². The predicted molar refractivity (Wildman–Crippen MR) is 125 cm³/mol. The van der Waals surface area contributed by atoms with Crippen molar-refractivity contribution in [1.29, 1.82) is 0 Å². The number of para-hydroxylation sites is 1. The highest BCUT2D eigenvalue weighted by Gasteiger charge is 2.25. The van der Waals surface area contributed by atoms with Gasteiger partial charge < -0.3 is 15.1 Å². The van der Waals surface area contributed by atoms with E-state index in [1.807, 2.05) is 31.2 Å². The van der Waals surface area contributed by atoms with Crippen molar-refractivity contribution in [3.8, 4) is 22.9 Å². The average Bonchev–Trinajstić information content (AvgIpc) is 3.51. The van der Waals surface area contributed by atoms with Gasteiger partial charge in [-0.3, -0.25) is 9.59 Å². The van der Waals surface area contributed by atoms with Crippen molar-refractivity contribution < 1.29 is 14.0 Å². The van der Waals surface area contributed by atoms with Crippen LogP contribution in [-0.4, -0.2) is 28.1 Å². The lowest BCUT2D eigenvalue weighted by Crippen LogP contribution is -2.27. The molecule has 1 aliphatic carbocycles. The van der Waals surface area contributed by atoms with E-state index in [4.69, 9.17) is 4.42 Å². The van der Waals surface area contributed by atoms with Crippen LogP contribution in [0.15, 0.2) is 77.2 Å². The minimum absolute atomic E-state index is 0.176. The van der Waals surface area contributed by atoms with Crippen molar-refractivity contribution in [3.63, 3.8) is 0 Å². The fourth-order valence-electron chi connectivity index (χ4n) is 3.50. The van der Waals surface area contributed by atoms with E-state index in [0.717, 1.165) is 24.0 Å². The molecule has 2 amide bonds. The number of benzene rings is 3.